The van der Waals surface area contributed by atoms with Crippen LogP contribution in [0.2, 0.25) is 0 Å². The van der Waals surface area contributed by atoms with E-state index in [0.717, 1.165) is 32.0 Å². The SMILES string of the molecule is O=CCCC[C@@H]1CCCN1C(=O)O. The minimum atomic E-state index is -0.825. The van der Waals surface area contributed by atoms with Crippen molar-refractivity contribution in [3.63, 3.8) is 0 Å². The molecule has 4 nitrogen and oxygen atoms in total. The molecule has 4 heteroatoms. The van der Waals surface area contributed by atoms with Crippen LogP contribution in [0, 0.1) is 0 Å². The lowest BCUT2D eigenvalue weighted by Crippen LogP contribution is -2.34. The fourth-order valence-electron chi connectivity index (χ4n) is 1.82. The van der Waals surface area contributed by atoms with Crippen LogP contribution in [0.3, 0.4) is 0 Å². The predicted molar refractivity (Wildman–Crippen MR) is 47.7 cm³/mol. The molecule has 1 atom stereocenters. The van der Waals surface area contributed by atoms with Crippen molar-refractivity contribution in [3.05, 3.63) is 0 Å². The van der Waals surface area contributed by atoms with Gasteiger partial charge in [-0.3, -0.25) is 0 Å². The number of hydrogen-bond donors (Lipinski definition) is 1. The molecule has 0 aromatic rings. The van der Waals surface area contributed by atoms with E-state index in [9.17, 15) is 9.59 Å². The summed E-state index contributed by atoms with van der Waals surface area (Å²) in [6.07, 6.45) is 4.14. The maximum absolute atomic E-state index is 10.7. The van der Waals surface area contributed by atoms with Crippen LogP contribution in [-0.2, 0) is 4.79 Å². The highest BCUT2D eigenvalue weighted by molar-refractivity contribution is 5.65. The van der Waals surface area contributed by atoms with Gasteiger partial charge in [-0.15, -0.1) is 0 Å². The lowest BCUT2D eigenvalue weighted by atomic mass is 10.1. The fraction of sp³-hybridized carbons (Fsp3) is 0.778. The Labute approximate surface area is 77.5 Å². The summed E-state index contributed by atoms with van der Waals surface area (Å²) in [4.78, 5) is 22.3. The van der Waals surface area contributed by atoms with Crippen molar-refractivity contribution in [1.29, 1.82) is 0 Å². The van der Waals surface area contributed by atoms with Crippen molar-refractivity contribution in [2.24, 2.45) is 0 Å². The highest BCUT2D eigenvalue weighted by Crippen LogP contribution is 2.21. The van der Waals surface area contributed by atoms with Gasteiger partial charge in [0.1, 0.15) is 6.29 Å². The molecule has 1 rings (SSSR count). The van der Waals surface area contributed by atoms with Gasteiger partial charge in [0.05, 0.1) is 0 Å². The maximum Gasteiger partial charge on any atom is 0.407 e. The van der Waals surface area contributed by atoms with Gasteiger partial charge in [0.2, 0.25) is 0 Å². The fourth-order valence-corrected chi connectivity index (χ4v) is 1.82. The molecule has 1 saturated heterocycles. The summed E-state index contributed by atoms with van der Waals surface area (Å²) in [5.41, 5.74) is 0. The zero-order chi connectivity index (χ0) is 9.68. The van der Waals surface area contributed by atoms with E-state index in [1.807, 2.05) is 0 Å². The number of carbonyl (C=O) groups is 2. The second-order valence-corrected chi connectivity index (χ2v) is 3.37. The van der Waals surface area contributed by atoms with E-state index in [4.69, 9.17) is 5.11 Å². The number of rotatable bonds is 4. The minimum absolute atomic E-state index is 0.150. The molecule has 0 spiro atoms. The van der Waals surface area contributed by atoms with Crippen molar-refractivity contribution in [1.82, 2.24) is 4.90 Å². The van der Waals surface area contributed by atoms with Crippen LogP contribution in [-0.4, -0.2) is 35.0 Å². The first-order chi connectivity index (χ1) is 6.25. The maximum atomic E-state index is 10.7. The Morgan fingerprint density at radius 3 is 3.00 bits per heavy atom. The Hall–Kier alpha value is -1.06. The lowest BCUT2D eigenvalue weighted by Gasteiger charge is -2.20. The molecule has 0 saturated carbocycles. The molecule has 1 amide bonds. The van der Waals surface area contributed by atoms with Crippen molar-refractivity contribution in [3.8, 4) is 0 Å². The first kappa shape index (κ1) is 10.0. The number of amides is 1. The molecule has 74 valence electrons. The Morgan fingerprint density at radius 2 is 2.38 bits per heavy atom. The highest BCUT2D eigenvalue weighted by Gasteiger charge is 2.27. The molecule has 0 bridgehead atoms. The van der Waals surface area contributed by atoms with Gasteiger partial charge < -0.3 is 14.8 Å². The van der Waals surface area contributed by atoms with E-state index in [2.05, 4.69) is 0 Å². The summed E-state index contributed by atoms with van der Waals surface area (Å²) >= 11 is 0. The molecule has 0 radical (unpaired) electrons. The van der Waals surface area contributed by atoms with E-state index in [1.54, 1.807) is 0 Å². The molecule has 0 unspecified atom stereocenters. The zero-order valence-corrected chi connectivity index (χ0v) is 7.61. The van der Waals surface area contributed by atoms with Crippen LogP contribution in [0.25, 0.3) is 0 Å². The van der Waals surface area contributed by atoms with Gasteiger partial charge in [0, 0.05) is 19.0 Å². The summed E-state index contributed by atoms with van der Waals surface area (Å²) in [6.45, 7) is 0.654. The molecule has 1 aliphatic rings. The van der Waals surface area contributed by atoms with E-state index in [-0.39, 0.29) is 6.04 Å². The van der Waals surface area contributed by atoms with Gasteiger partial charge in [0.15, 0.2) is 0 Å². The van der Waals surface area contributed by atoms with E-state index < -0.39 is 6.09 Å². The summed E-state index contributed by atoms with van der Waals surface area (Å²) in [5, 5.41) is 8.80. The molecular weight excluding hydrogens is 170 g/mol. The molecule has 0 aromatic heterocycles. The number of nitrogens with zero attached hydrogens (tertiary/aromatic N) is 1. The largest absolute Gasteiger partial charge is 0.465 e. The van der Waals surface area contributed by atoms with Crippen molar-refractivity contribution < 1.29 is 14.7 Å². The van der Waals surface area contributed by atoms with Crippen LogP contribution in [0.1, 0.15) is 32.1 Å². The number of hydrogen-bond acceptors (Lipinski definition) is 2. The summed E-state index contributed by atoms with van der Waals surface area (Å²) in [7, 11) is 0. The topological polar surface area (TPSA) is 57.6 Å². The van der Waals surface area contributed by atoms with Crippen LogP contribution in [0.4, 0.5) is 4.79 Å². The Balaban J connectivity index is 2.31. The Morgan fingerprint density at radius 1 is 1.62 bits per heavy atom. The molecule has 1 fully saturated rings. The van der Waals surface area contributed by atoms with Crippen LogP contribution >= 0.6 is 0 Å². The molecule has 1 heterocycles. The van der Waals surface area contributed by atoms with Crippen molar-refractivity contribution in [2.45, 2.75) is 38.1 Å². The van der Waals surface area contributed by atoms with Crippen molar-refractivity contribution in [2.75, 3.05) is 6.54 Å². The Kier molecular flexibility index (Phi) is 3.73. The second-order valence-electron chi connectivity index (χ2n) is 3.37. The quantitative estimate of drug-likeness (QED) is 0.533. The van der Waals surface area contributed by atoms with E-state index in [1.165, 1.54) is 4.90 Å². The van der Waals surface area contributed by atoms with Gasteiger partial charge in [-0.05, 0) is 25.7 Å². The number of likely N-dealkylation sites (tertiary alicyclic amines) is 1. The number of aldehydes is 1. The third-order valence-electron chi connectivity index (χ3n) is 2.48. The van der Waals surface area contributed by atoms with Crippen LogP contribution < -0.4 is 0 Å². The third kappa shape index (κ3) is 2.72. The normalized spacial score (nSPS) is 21.8. The summed E-state index contributed by atoms with van der Waals surface area (Å²) in [5.74, 6) is 0. The van der Waals surface area contributed by atoms with Gasteiger partial charge in [-0.25, -0.2) is 4.79 Å². The highest BCUT2D eigenvalue weighted by atomic mass is 16.4. The number of carbonyl (C=O) groups excluding carboxylic acids is 1. The molecule has 1 aliphatic heterocycles. The standard InChI is InChI=1S/C9H15NO3/c11-7-2-1-4-8-5-3-6-10(8)9(12)13/h7-8H,1-6H2,(H,12,13)/t8-/m1/s1. The molecule has 13 heavy (non-hydrogen) atoms. The lowest BCUT2D eigenvalue weighted by molar-refractivity contribution is -0.107. The Bertz CT molecular complexity index is 193. The molecule has 0 aromatic carbocycles. The van der Waals surface area contributed by atoms with Gasteiger partial charge in [-0.2, -0.15) is 0 Å². The number of unbranched alkanes of at least 4 members (excludes halogenated alkanes) is 1. The van der Waals surface area contributed by atoms with E-state index in [0.29, 0.717) is 13.0 Å². The summed E-state index contributed by atoms with van der Waals surface area (Å²) in [6, 6.07) is 0.150. The average molecular weight is 185 g/mol. The molecule has 1 N–H and O–H groups in total. The smallest absolute Gasteiger partial charge is 0.407 e. The van der Waals surface area contributed by atoms with Gasteiger partial charge in [0.25, 0.3) is 0 Å². The monoisotopic (exact) mass is 185 g/mol. The second kappa shape index (κ2) is 4.84. The summed E-state index contributed by atoms with van der Waals surface area (Å²) < 4.78 is 0. The van der Waals surface area contributed by atoms with Crippen LogP contribution in [0.5, 0.6) is 0 Å². The molecule has 0 aliphatic carbocycles. The zero-order valence-electron chi connectivity index (χ0n) is 7.61. The minimum Gasteiger partial charge on any atom is -0.465 e. The van der Waals surface area contributed by atoms with Crippen molar-refractivity contribution >= 4 is 12.4 Å². The molecular formula is C9H15NO3. The predicted octanol–water partition coefficient (Wildman–Crippen LogP) is 1.50. The first-order valence-corrected chi connectivity index (χ1v) is 4.69. The van der Waals surface area contributed by atoms with Gasteiger partial charge >= 0.3 is 6.09 Å². The first-order valence-electron chi connectivity index (χ1n) is 4.69. The van der Waals surface area contributed by atoms with Crippen LogP contribution in [0.15, 0.2) is 0 Å². The number of carboxylic acid groups (broad SMARTS) is 1. The van der Waals surface area contributed by atoms with E-state index >= 15 is 0 Å². The van der Waals surface area contributed by atoms with Gasteiger partial charge in [-0.1, -0.05) is 0 Å². The average Bonchev–Trinajstić information content (AvgIpc) is 2.53. The third-order valence-corrected chi connectivity index (χ3v) is 2.48.